The summed E-state index contributed by atoms with van der Waals surface area (Å²) in [4.78, 5) is 51.4. The standard InChI is InChI=1S/C29H26ClN3O5/c1-2-17-38-29(37)20-11-13-22(14-12-20)32-26(34)21-9-6-10-23(18-21)31-25-24(30)27(35)33(28(25)36)16-15-19-7-4-3-5-8-19/h3-14,18,31H,2,15-17H2,1H3,(H,32,34). The van der Waals surface area contributed by atoms with Gasteiger partial charge >= 0.3 is 5.97 Å². The minimum absolute atomic E-state index is 0.0344. The predicted molar refractivity (Wildman–Crippen MR) is 145 cm³/mol. The van der Waals surface area contributed by atoms with Crippen LogP contribution in [0.25, 0.3) is 0 Å². The molecule has 0 fully saturated rings. The summed E-state index contributed by atoms with van der Waals surface area (Å²) in [5.41, 5.74) is 2.59. The maximum atomic E-state index is 12.9. The smallest absolute Gasteiger partial charge is 0.338 e. The first-order valence-corrected chi connectivity index (χ1v) is 12.5. The van der Waals surface area contributed by atoms with Gasteiger partial charge < -0.3 is 15.4 Å². The van der Waals surface area contributed by atoms with Gasteiger partial charge in [-0.3, -0.25) is 19.3 Å². The van der Waals surface area contributed by atoms with Crippen LogP contribution in [0.3, 0.4) is 0 Å². The molecule has 8 nitrogen and oxygen atoms in total. The highest BCUT2D eigenvalue weighted by Gasteiger charge is 2.37. The monoisotopic (exact) mass is 531 g/mol. The zero-order chi connectivity index (χ0) is 27.1. The molecule has 194 valence electrons. The Morgan fingerprint density at radius 1 is 0.868 bits per heavy atom. The molecule has 0 saturated heterocycles. The minimum atomic E-state index is -0.564. The first-order valence-electron chi connectivity index (χ1n) is 12.1. The van der Waals surface area contributed by atoms with E-state index in [1.165, 1.54) is 0 Å². The normalized spacial score (nSPS) is 13.1. The third kappa shape index (κ3) is 6.27. The number of hydrogen-bond acceptors (Lipinski definition) is 6. The molecule has 0 atom stereocenters. The SMILES string of the molecule is CCCOC(=O)c1ccc(NC(=O)c2cccc(NC3=C(Cl)C(=O)N(CCc4ccccc4)C3=O)c2)cc1. The van der Waals surface area contributed by atoms with Gasteiger partial charge in [0.25, 0.3) is 17.7 Å². The van der Waals surface area contributed by atoms with Crippen molar-refractivity contribution in [3.8, 4) is 0 Å². The fourth-order valence-electron chi connectivity index (χ4n) is 3.80. The van der Waals surface area contributed by atoms with Crippen LogP contribution in [0.4, 0.5) is 11.4 Å². The first kappa shape index (κ1) is 26.6. The van der Waals surface area contributed by atoms with Gasteiger partial charge in [-0.25, -0.2) is 4.79 Å². The van der Waals surface area contributed by atoms with Gasteiger partial charge in [0, 0.05) is 23.5 Å². The number of rotatable bonds is 10. The molecule has 3 aromatic rings. The molecule has 0 spiro atoms. The number of halogens is 1. The molecule has 38 heavy (non-hydrogen) atoms. The number of amides is 3. The highest BCUT2D eigenvalue weighted by atomic mass is 35.5. The van der Waals surface area contributed by atoms with Gasteiger partial charge in [0.1, 0.15) is 10.7 Å². The molecule has 2 N–H and O–H groups in total. The lowest BCUT2D eigenvalue weighted by Crippen LogP contribution is -2.34. The van der Waals surface area contributed by atoms with E-state index in [-0.39, 0.29) is 17.3 Å². The van der Waals surface area contributed by atoms with E-state index >= 15 is 0 Å². The number of benzene rings is 3. The average Bonchev–Trinajstić information content (AvgIpc) is 3.14. The van der Waals surface area contributed by atoms with E-state index in [1.54, 1.807) is 48.5 Å². The number of carbonyl (C=O) groups is 4. The summed E-state index contributed by atoms with van der Waals surface area (Å²) >= 11 is 6.22. The Balaban J connectivity index is 1.39. The number of carbonyl (C=O) groups excluding carboxylic acids is 4. The highest BCUT2D eigenvalue weighted by Crippen LogP contribution is 2.26. The second-order valence-electron chi connectivity index (χ2n) is 8.56. The Kier molecular flexibility index (Phi) is 8.55. The Bertz CT molecular complexity index is 1390. The van der Waals surface area contributed by atoms with Crippen molar-refractivity contribution in [1.29, 1.82) is 0 Å². The van der Waals surface area contributed by atoms with E-state index in [9.17, 15) is 19.2 Å². The number of imide groups is 1. The van der Waals surface area contributed by atoms with E-state index < -0.39 is 23.7 Å². The summed E-state index contributed by atoms with van der Waals surface area (Å²) in [5.74, 6) is -1.90. The zero-order valence-electron chi connectivity index (χ0n) is 20.7. The third-order valence-corrected chi connectivity index (χ3v) is 6.14. The van der Waals surface area contributed by atoms with Crippen molar-refractivity contribution < 1.29 is 23.9 Å². The molecule has 3 amide bonds. The van der Waals surface area contributed by atoms with Crippen molar-refractivity contribution in [1.82, 2.24) is 4.90 Å². The van der Waals surface area contributed by atoms with Crippen LogP contribution in [0.15, 0.2) is 89.6 Å². The molecule has 1 aliphatic heterocycles. The lowest BCUT2D eigenvalue weighted by Gasteiger charge is -2.15. The van der Waals surface area contributed by atoms with Crippen LogP contribution in [0.2, 0.25) is 0 Å². The maximum absolute atomic E-state index is 12.9. The molecule has 0 bridgehead atoms. The van der Waals surface area contributed by atoms with E-state index in [1.807, 2.05) is 37.3 Å². The van der Waals surface area contributed by atoms with Crippen molar-refractivity contribution in [2.75, 3.05) is 23.8 Å². The molecule has 4 rings (SSSR count). The van der Waals surface area contributed by atoms with Gasteiger partial charge in [-0.15, -0.1) is 0 Å². The van der Waals surface area contributed by atoms with Crippen LogP contribution >= 0.6 is 11.6 Å². The minimum Gasteiger partial charge on any atom is -0.462 e. The maximum Gasteiger partial charge on any atom is 0.338 e. The second-order valence-corrected chi connectivity index (χ2v) is 8.94. The molecule has 3 aromatic carbocycles. The number of nitrogens with one attached hydrogen (secondary N) is 2. The molecular weight excluding hydrogens is 506 g/mol. The highest BCUT2D eigenvalue weighted by molar-refractivity contribution is 6.48. The summed E-state index contributed by atoms with van der Waals surface area (Å²) in [7, 11) is 0. The van der Waals surface area contributed by atoms with Crippen molar-refractivity contribution in [2.24, 2.45) is 0 Å². The van der Waals surface area contributed by atoms with Gasteiger partial charge in [-0.05, 0) is 60.9 Å². The summed E-state index contributed by atoms with van der Waals surface area (Å²) in [6.07, 6.45) is 1.24. The summed E-state index contributed by atoms with van der Waals surface area (Å²) in [5, 5.41) is 5.47. The molecule has 9 heteroatoms. The Labute approximate surface area is 225 Å². The molecule has 1 heterocycles. The summed E-state index contributed by atoms with van der Waals surface area (Å²) < 4.78 is 5.10. The lowest BCUT2D eigenvalue weighted by molar-refractivity contribution is -0.137. The fourth-order valence-corrected chi connectivity index (χ4v) is 4.03. The largest absolute Gasteiger partial charge is 0.462 e. The van der Waals surface area contributed by atoms with Crippen LogP contribution in [0, 0.1) is 0 Å². The zero-order valence-corrected chi connectivity index (χ0v) is 21.5. The third-order valence-electron chi connectivity index (χ3n) is 5.79. The van der Waals surface area contributed by atoms with Crippen LogP contribution in [-0.4, -0.2) is 41.7 Å². The number of esters is 1. The van der Waals surface area contributed by atoms with Gasteiger partial charge in [-0.1, -0.05) is 54.9 Å². The molecule has 0 aromatic heterocycles. The van der Waals surface area contributed by atoms with Crippen molar-refractivity contribution in [3.63, 3.8) is 0 Å². The predicted octanol–water partition coefficient (Wildman–Crippen LogP) is 4.98. The van der Waals surface area contributed by atoms with Gasteiger partial charge in [0.2, 0.25) is 0 Å². The molecule has 0 unspecified atom stereocenters. The first-order chi connectivity index (χ1) is 18.4. The van der Waals surface area contributed by atoms with Gasteiger partial charge in [0.05, 0.1) is 12.2 Å². The topological polar surface area (TPSA) is 105 Å². The second kappa shape index (κ2) is 12.2. The quantitative estimate of drug-likeness (QED) is 0.282. The molecule has 0 radical (unpaired) electrons. The van der Waals surface area contributed by atoms with E-state index in [0.29, 0.717) is 35.5 Å². The number of hydrogen-bond donors (Lipinski definition) is 2. The van der Waals surface area contributed by atoms with E-state index in [2.05, 4.69) is 10.6 Å². The Morgan fingerprint density at radius 3 is 2.32 bits per heavy atom. The van der Waals surface area contributed by atoms with Crippen molar-refractivity contribution >= 4 is 46.7 Å². The van der Waals surface area contributed by atoms with Crippen molar-refractivity contribution in [3.05, 3.63) is 106 Å². The summed E-state index contributed by atoms with van der Waals surface area (Å²) in [6, 6.07) is 22.4. The van der Waals surface area contributed by atoms with Crippen LogP contribution in [-0.2, 0) is 20.7 Å². The Morgan fingerprint density at radius 2 is 1.61 bits per heavy atom. The fraction of sp³-hybridized carbons (Fsp3) is 0.172. The van der Waals surface area contributed by atoms with Crippen LogP contribution < -0.4 is 10.6 Å². The number of ether oxygens (including phenoxy) is 1. The lowest BCUT2D eigenvalue weighted by atomic mass is 10.1. The molecule has 1 aliphatic rings. The van der Waals surface area contributed by atoms with E-state index in [0.717, 1.165) is 16.9 Å². The van der Waals surface area contributed by atoms with Crippen LogP contribution in [0.1, 0.15) is 39.6 Å². The van der Waals surface area contributed by atoms with Crippen LogP contribution in [0.5, 0.6) is 0 Å². The molecular formula is C29H26ClN3O5. The van der Waals surface area contributed by atoms with E-state index in [4.69, 9.17) is 16.3 Å². The average molecular weight is 532 g/mol. The van der Waals surface area contributed by atoms with Gasteiger partial charge in [0.15, 0.2) is 0 Å². The van der Waals surface area contributed by atoms with Gasteiger partial charge in [-0.2, -0.15) is 0 Å². The Hall–Kier alpha value is -4.43. The molecule has 0 aliphatic carbocycles. The summed E-state index contributed by atoms with van der Waals surface area (Å²) in [6.45, 7) is 2.45. The number of nitrogens with zero attached hydrogens (tertiary/aromatic N) is 1. The number of anilines is 2. The van der Waals surface area contributed by atoms with Crippen molar-refractivity contribution in [2.45, 2.75) is 19.8 Å². The molecule has 0 saturated carbocycles.